The van der Waals surface area contributed by atoms with Crippen LogP contribution in [0.25, 0.3) is 10.1 Å². The molecule has 0 fully saturated rings. The lowest BCUT2D eigenvalue weighted by atomic mass is 10.2. The first-order valence-electron chi connectivity index (χ1n) is 10.4. The predicted molar refractivity (Wildman–Crippen MR) is 143 cm³/mol. The van der Waals surface area contributed by atoms with Crippen molar-refractivity contribution in [1.29, 1.82) is 0 Å². The Hall–Kier alpha value is -3.43. The van der Waals surface area contributed by atoms with Gasteiger partial charge in [-0.1, -0.05) is 65.1 Å². The SMILES string of the molecule is O=C(CNC(=O)c1ccc(Cl)c(Cl)c1)N/N=C\c1ccccc1OC(=O)c1sc2ccccc2c1Cl. The molecule has 0 aliphatic heterocycles. The highest BCUT2D eigenvalue weighted by Crippen LogP contribution is 2.36. The molecule has 0 aliphatic carbocycles. The summed E-state index contributed by atoms with van der Waals surface area (Å²) >= 11 is 19.4. The topological polar surface area (TPSA) is 96.9 Å². The number of nitrogens with zero attached hydrogens (tertiary/aromatic N) is 1. The van der Waals surface area contributed by atoms with Crippen molar-refractivity contribution < 1.29 is 19.1 Å². The van der Waals surface area contributed by atoms with Crippen LogP contribution in [0, 0.1) is 0 Å². The molecule has 2 N–H and O–H groups in total. The van der Waals surface area contributed by atoms with Gasteiger partial charge in [0.25, 0.3) is 11.8 Å². The van der Waals surface area contributed by atoms with E-state index < -0.39 is 17.8 Å². The number of hydrogen-bond donors (Lipinski definition) is 2. The van der Waals surface area contributed by atoms with Crippen LogP contribution in [0.3, 0.4) is 0 Å². The molecule has 2 amide bonds. The van der Waals surface area contributed by atoms with E-state index in [0.717, 1.165) is 10.1 Å². The minimum absolute atomic E-state index is 0.229. The second-order valence-corrected chi connectivity index (χ2v) is 9.52. The number of carbonyl (C=O) groups is 3. The zero-order chi connectivity index (χ0) is 25.7. The molecule has 36 heavy (non-hydrogen) atoms. The van der Waals surface area contributed by atoms with Gasteiger partial charge in [-0.2, -0.15) is 5.10 Å². The van der Waals surface area contributed by atoms with Crippen molar-refractivity contribution in [3.05, 3.63) is 97.8 Å². The number of carbonyl (C=O) groups excluding carboxylic acids is 3. The molecule has 0 unspecified atom stereocenters. The van der Waals surface area contributed by atoms with Gasteiger partial charge >= 0.3 is 5.97 Å². The third-order valence-corrected chi connectivity index (χ3v) is 7.22. The van der Waals surface area contributed by atoms with Crippen LogP contribution in [0.2, 0.25) is 15.1 Å². The van der Waals surface area contributed by atoms with Crippen LogP contribution in [-0.4, -0.2) is 30.5 Å². The van der Waals surface area contributed by atoms with Crippen LogP contribution in [0.1, 0.15) is 25.6 Å². The highest BCUT2D eigenvalue weighted by Gasteiger charge is 2.19. The Morgan fingerprint density at radius 3 is 2.47 bits per heavy atom. The van der Waals surface area contributed by atoms with Gasteiger partial charge in [0.2, 0.25) is 0 Å². The van der Waals surface area contributed by atoms with Crippen molar-refractivity contribution in [2.45, 2.75) is 0 Å². The molecular weight excluding hydrogens is 545 g/mol. The van der Waals surface area contributed by atoms with Gasteiger partial charge in [0.1, 0.15) is 10.6 Å². The molecule has 0 saturated heterocycles. The Balaban J connectivity index is 1.36. The van der Waals surface area contributed by atoms with E-state index in [1.165, 1.54) is 35.8 Å². The molecule has 0 spiro atoms. The number of hydrogen-bond acceptors (Lipinski definition) is 6. The van der Waals surface area contributed by atoms with E-state index in [4.69, 9.17) is 39.5 Å². The lowest BCUT2D eigenvalue weighted by Gasteiger charge is -2.07. The maximum Gasteiger partial charge on any atom is 0.355 e. The summed E-state index contributed by atoms with van der Waals surface area (Å²) in [7, 11) is 0. The van der Waals surface area contributed by atoms with Crippen molar-refractivity contribution in [3.63, 3.8) is 0 Å². The van der Waals surface area contributed by atoms with Crippen LogP contribution in [0.4, 0.5) is 0 Å². The lowest BCUT2D eigenvalue weighted by Crippen LogP contribution is -2.34. The van der Waals surface area contributed by atoms with Gasteiger partial charge in [-0.3, -0.25) is 9.59 Å². The number of nitrogens with one attached hydrogen (secondary N) is 2. The summed E-state index contributed by atoms with van der Waals surface area (Å²) in [5, 5.41) is 8.00. The quantitative estimate of drug-likeness (QED) is 0.126. The summed E-state index contributed by atoms with van der Waals surface area (Å²) in [6.07, 6.45) is 1.33. The van der Waals surface area contributed by atoms with Crippen molar-refractivity contribution in [3.8, 4) is 5.75 Å². The van der Waals surface area contributed by atoms with Gasteiger partial charge in [0, 0.05) is 21.2 Å². The van der Waals surface area contributed by atoms with Gasteiger partial charge < -0.3 is 10.1 Å². The molecule has 182 valence electrons. The number of fused-ring (bicyclic) bond motifs is 1. The van der Waals surface area contributed by atoms with Crippen molar-refractivity contribution in [1.82, 2.24) is 10.7 Å². The monoisotopic (exact) mass is 559 g/mol. The zero-order valence-electron chi connectivity index (χ0n) is 18.3. The Bertz CT molecular complexity index is 1500. The van der Waals surface area contributed by atoms with Gasteiger partial charge in [-0.25, -0.2) is 10.2 Å². The van der Waals surface area contributed by atoms with E-state index in [2.05, 4.69) is 15.8 Å². The average Bonchev–Trinajstić information content (AvgIpc) is 3.22. The number of benzene rings is 3. The number of ether oxygens (including phenoxy) is 1. The summed E-state index contributed by atoms with van der Waals surface area (Å²) in [6.45, 7) is -0.322. The summed E-state index contributed by atoms with van der Waals surface area (Å²) in [4.78, 5) is 37.3. The first-order chi connectivity index (χ1) is 17.3. The average molecular weight is 561 g/mol. The minimum Gasteiger partial charge on any atom is -0.422 e. The summed E-state index contributed by atoms with van der Waals surface area (Å²) in [6, 6.07) is 18.5. The van der Waals surface area contributed by atoms with Gasteiger partial charge in [-0.15, -0.1) is 11.3 Å². The molecule has 4 aromatic rings. The molecule has 11 heteroatoms. The fourth-order valence-corrected chi connectivity index (χ4v) is 4.77. The smallest absolute Gasteiger partial charge is 0.355 e. The van der Waals surface area contributed by atoms with Crippen molar-refractivity contribution in [2.75, 3.05) is 6.54 Å². The third-order valence-electron chi connectivity index (χ3n) is 4.83. The summed E-state index contributed by atoms with van der Waals surface area (Å²) < 4.78 is 6.42. The van der Waals surface area contributed by atoms with E-state index in [1.807, 2.05) is 24.3 Å². The third kappa shape index (κ3) is 6.03. The van der Waals surface area contributed by atoms with E-state index in [0.29, 0.717) is 15.6 Å². The van der Waals surface area contributed by atoms with Gasteiger partial charge in [-0.05, 0) is 36.4 Å². The molecular formula is C25H16Cl3N3O4S. The zero-order valence-corrected chi connectivity index (χ0v) is 21.3. The number of halogens is 3. The Morgan fingerprint density at radius 1 is 0.944 bits per heavy atom. The van der Waals surface area contributed by atoms with E-state index in [9.17, 15) is 14.4 Å². The van der Waals surface area contributed by atoms with Crippen LogP contribution >= 0.6 is 46.1 Å². The predicted octanol–water partition coefficient (Wildman–Crippen LogP) is 5.96. The van der Waals surface area contributed by atoms with E-state index >= 15 is 0 Å². The Morgan fingerprint density at radius 2 is 1.69 bits per heavy atom. The van der Waals surface area contributed by atoms with E-state index in [1.54, 1.807) is 24.3 Å². The Kier molecular flexibility index (Phi) is 8.22. The first kappa shape index (κ1) is 25.7. The minimum atomic E-state index is -0.601. The number of thiophene rings is 1. The largest absolute Gasteiger partial charge is 0.422 e. The van der Waals surface area contributed by atoms with Crippen LogP contribution in [-0.2, 0) is 4.79 Å². The standard InChI is InChI=1S/C25H16Cl3N3O4S/c26-17-10-9-14(11-18(17)27)24(33)29-13-21(32)31-30-12-15-5-1-3-7-19(15)35-25(34)23-22(28)16-6-2-4-8-20(16)36-23/h1-12H,13H2,(H,29,33)(H,31,32)/b30-12-. The maximum atomic E-state index is 12.8. The molecule has 7 nitrogen and oxygen atoms in total. The molecule has 3 aromatic carbocycles. The Labute approximate surface area is 224 Å². The molecule has 0 aliphatic rings. The molecule has 1 aromatic heterocycles. The summed E-state index contributed by atoms with van der Waals surface area (Å²) in [5.74, 6) is -1.42. The molecule has 0 radical (unpaired) electrons. The highest BCUT2D eigenvalue weighted by atomic mass is 35.5. The van der Waals surface area contributed by atoms with Gasteiger partial charge in [0.05, 0.1) is 27.8 Å². The fourth-order valence-electron chi connectivity index (χ4n) is 3.08. The van der Waals surface area contributed by atoms with Gasteiger partial charge in [0.15, 0.2) is 0 Å². The van der Waals surface area contributed by atoms with Crippen LogP contribution < -0.4 is 15.5 Å². The number of amides is 2. The first-order valence-corrected chi connectivity index (χ1v) is 12.3. The fraction of sp³-hybridized carbons (Fsp3) is 0.0400. The normalized spacial score (nSPS) is 11.0. The molecule has 0 bridgehead atoms. The maximum absolute atomic E-state index is 12.8. The number of esters is 1. The molecule has 4 rings (SSSR count). The number of rotatable bonds is 7. The highest BCUT2D eigenvalue weighted by molar-refractivity contribution is 7.21. The van der Waals surface area contributed by atoms with Crippen LogP contribution in [0.15, 0.2) is 71.8 Å². The van der Waals surface area contributed by atoms with E-state index in [-0.39, 0.29) is 27.8 Å². The van der Waals surface area contributed by atoms with Crippen molar-refractivity contribution in [2.24, 2.45) is 5.10 Å². The second kappa shape index (κ2) is 11.5. The molecule has 1 heterocycles. The lowest BCUT2D eigenvalue weighted by molar-refractivity contribution is -0.120. The summed E-state index contributed by atoms with van der Waals surface area (Å²) in [5.41, 5.74) is 3.01. The number of hydrazone groups is 1. The second-order valence-electron chi connectivity index (χ2n) is 7.27. The molecule has 0 saturated carbocycles. The van der Waals surface area contributed by atoms with Crippen LogP contribution in [0.5, 0.6) is 5.75 Å². The van der Waals surface area contributed by atoms with Crippen molar-refractivity contribution >= 4 is 80.2 Å². The number of para-hydroxylation sites is 1. The molecule has 0 atom stereocenters.